The number of hydrogen-bond acceptors (Lipinski definition) is 10. The molecule has 4 heterocycles. The minimum Gasteiger partial charge on any atom is -0.391 e. The molecule has 0 bridgehead atoms. The van der Waals surface area contributed by atoms with E-state index < -0.39 is 34.8 Å². The average Bonchev–Trinajstić information content (AvgIpc) is 3.24. The fourth-order valence-corrected chi connectivity index (χ4v) is 4.93. The van der Waals surface area contributed by atoms with Crippen LogP contribution in [0, 0.1) is 18.3 Å². The van der Waals surface area contributed by atoms with Gasteiger partial charge < -0.3 is 25.5 Å². The molecule has 0 unspecified atom stereocenters. The third-order valence-corrected chi connectivity index (χ3v) is 6.53. The molecule has 2 saturated heterocycles. The molecule has 0 radical (unpaired) electrons. The predicted octanol–water partition coefficient (Wildman–Crippen LogP) is 1.25. The number of hydrogen-bond donors (Lipinski definition) is 2. The van der Waals surface area contributed by atoms with E-state index in [0.717, 1.165) is 10.7 Å². The van der Waals surface area contributed by atoms with Crippen molar-refractivity contribution in [3.05, 3.63) is 51.2 Å². The average molecular weight is 516 g/mol. The number of aryl methyl sites for hydroxylation is 1. The number of anilines is 2. The highest BCUT2D eigenvalue weighted by Gasteiger charge is 2.40. The Bertz CT molecular complexity index is 1460. The Balaban J connectivity index is 1.78. The zero-order valence-electron chi connectivity index (χ0n) is 19.7. The first-order chi connectivity index (χ1) is 17.6. The van der Waals surface area contributed by atoms with Gasteiger partial charge in [0.15, 0.2) is 11.6 Å². The van der Waals surface area contributed by atoms with Crippen LogP contribution in [0.4, 0.5) is 24.9 Å². The summed E-state index contributed by atoms with van der Waals surface area (Å²) in [6.45, 7) is 2.65. The molecule has 14 heteroatoms. The molecule has 3 N–H and O–H groups in total. The van der Waals surface area contributed by atoms with Gasteiger partial charge in [-0.25, -0.2) is 14.6 Å². The largest absolute Gasteiger partial charge is 0.417 e. The number of nitrogens with two attached hydrogens (primary N) is 1. The van der Waals surface area contributed by atoms with E-state index in [0.29, 0.717) is 5.69 Å². The van der Waals surface area contributed by atoms with Crippen LogP contribution in [0.5, 0.6) is 0 Å². The number of halogens is 3. The highest BCUT2D eigenvalue weighted by atomic mass is 19.4. The van der Waals surface area contributed by atoms with Gasteiger partial charge in [0.2, 0.25) is 5.95 Å². The molecule has 37 heavy (non-hydrogen) atoms. The van der Waals surface area contributed by atoms with Crippen molar-refractivity contribution in [3.63, 3.8) is 0 Å². The highest BCUT2D eigenvalue weighted by Crippen LogP contribution is 2.38. The molecule has 2 aliphatic rings. The number of ether oxygens (including phenoxy) is 1. The van der Waals surface area contributed by atoms with Gasteiger partial charge >= 0.3 is 6.18 Å². The number of rotatable bonds is 3. The first-order valence-corrected chi connectivity index (χ1v) is 11.5. The number of nitrogens with zero attached hydrogens (tertiary/aromatic N) is 7. The second-order valence-electron chi connectivity index (χ2n) is 8.89. The summed E-state index contributed by atoms with van der Waals surface area (Å²) in [5.74, 6) is 0.188. The second-order valence-corrected chi connectivity index (χ2v) is 8.89. The van der Waals surface area contributed by atoms with Crippen molar-refractivity contribution in [2.45, 2.75) is 31.7 Å². The fourth-order valence-electron chi connectivity index (χ4n) is 4.93. The molecule has 5 rings (SSSR count). The molecular weight excluding hydrogens is 493 g/mol. The summed E-state index contributed by atoms with van der Waals surface area (Å²) in [7, 11) is 0. The maximum absolute atomic E-state index is 13.9. The number of fused-ring (bicyclic) bond motifs is 1. The van der Waals surface area contributed by atoms with Crippen LogP contribution in [0.2, 0.25) is 0 Å². The summed E-state index contributed by atoms with van der Waals surface area (Å²) in [5.41, 5.74) is 4.23. The molecule has 2 aliphatic heterocycles. The Labute approximate surface area is 208 Å². The maximum atomic E-state index is 13.9. The van der Waals surface area contributed by atoms with Gasteiger partial charge in [-0.1, -0.05) is 6.07 Å². The monoisotopic (exact) mass is 516 g/mol. The zero-order chi connectivity index (χ0) is 26.5. The summed E-state index contributed by atoms with van der Waals surface area (Å²) in [6.07, 6.45) is -5.56. The van der Waals surface area contributed by atoms with E-state index in [1.165, 1.54) is 12.1 Å². The number of β-amino-alcohol motifs (C(OH)–C–C–N with tert-alkyl or cyclic N) is 1. The van der Waals surface area contributed by atoms with Gasteiger partial charge in [0.05, 0.1) is 60.6 Å². The molecule has 0 spiro atoms. The Morgan fingerprint density at radius 2 is 1.95 bits per heavy atom. The standard InChI is InChI=1S/C23H23F3N8O3/c1-12-14(10-27)19(31-22(28)29-12)33-11-13(35)9-17(33)20-30-16-4-2-3-15(23(24,25)26)18(16)21(36)34(20)32-5-7-37-8-6-32/h2-4,13,17,35H,5-9,11H2,1H3,(H2,28,29,31)/t13-,17-/m0/s1. The van der Waals surface area contributed by atoms with Gasteiger partial charge in [-0.05, 0) is 19.1 Å². The van der Waals surface area contributed by atoms with Gasteiger partial charge in [-0.2, -0.15) is 23.4 Å². The van der Waals surface area contributed by atoms with Gasteiger partial charge in [0.1, 0.15) is 11.6 Å². The summed E-state index contributed by atoms with van der Waals surface area (Å²) in [4.78, 5) is 28.2. The topological polar surface area (TPSA) is 146 Å². The van der Waals surface area contributed by atoms with Crippen LogP contribution in [-0.2, 0) is 10.9 Å². The quantitative estimate of drug-likeness (QED) is 0.521. The van der Waals surface area contributed by atoms with Gasteiger partial charge in [-0.15, -0.1) is 0 Å². The summed E-state index contributed by atoms with van der Waals surface area (Å²) in [5, 5.41) is 21.4. The van der Waals surface area contributed by atoms with Gasteiger partial charge in [0.25, 0.3) is 5.56 Å². The van der Waals surface area contributed by atoms with Gasteiger partial charge in [-0.3, -0.25) is 4.79 Å². The van der Waals surface area contributed by atoms with Crippen molar-refractivity contribution in [1.82, 2.24) is 19.6 Å². The van der Waals surface area contributed by atoms with E-state index in [1.54, 1.807) is 16.8 Å². The molecule has 0 aliphatic carbocycles. The van der Waals surface area contributed by atoms with E-state index in [1.807, 2.05) is 0 Å². The highest BCUT2D eigenvalue weighted by molar-refractivity contribution is 5.82. The molecule has 0 saturated carbocycles. The summed E-state index contributed by atoms with van der Waals surface area (Å²) >= 11 is 0. The van der Waals surface area contributed by atoms with Crippen LogP contribution in [0.3, 0.4) is 0 Å². The second kappa shape index (κ2) is 9.16. The zero-order valence-corrected chi connectivity index (χ0v) is 19.7. The van der Waals surface area contributed by atoms with Crippen molar-refractivity contribution in [2.24, 2.45) is 0 Å². The number of aromatic nitrogens is 4. The fraction of sp³-hybridized carbons (Fsp3) is 0.435. The number of morpholine rings is 1. The Morgan fingerprint density at radius 1 is 1.22 bits per heavy atom. The minimum atomic E-state index is -4.77. The third kappa shape index (κ3) is 4.30. The lowest BCUT2D eigenvalue weighted by Gasteiger charge is -2.35. The molecule has 0 amide bonds. The maximum Gasteiger partial charge on any atom is 0.417 e. The number of nitrogen functional groups attached to an aromatic ring is 1. The molecule has 11 nitrogen and oxygen atoms in total. The third-order valence-electron chi connectivity index (χ3n) is 6.53. The lowest BCUT2D eigenvalue weighted by atomic mass is 10.1. The first kappa shape index (κ1) is 24.7. The summed E-state index contributed by atoms with van der Waals surface area (Å²) < 4.78 is 48.1. The van der Waals surface area contributed by atoms with Crippen LogP contribution in [-0.4, -0.2) is 63.7 Å². The molecule has 3 aromatic rings. The van der Waals surface area contributed by atoms with E-state index in [2.05, 4.69) is 21.0 Å². The van der Waals surface area contributed by atoms with Crippen LogP contribution >= 0.6 is 0 Å². The van der Waals surface area contributed by atoms with Crippen molar-refractivity contribution in [2.75, 3.05) is 48.5 Å². The number of aliphatic hydroxyl groups is 1. The van der Waals surface area contributed by atoms with Crippen LogP contribution in [0.15, 0.2) is 23.0 Å². The number of nitriles is 1. The number of alkyl halides is 3. The molecular formula is C23H23F3N8O3. The van der Waals surface area contributed by atoms with E-state index in [-0.39, 0.29) is 67.9 Å². The molecule has 194 valence electrons. The molecule has 2 aromatic heterocycles. The van der Waals surface area contributed by atoms with Crippen LogP contribution in [0.25, 0.3) is 10.9 Å². The van der Waals surface area contributed by atoms with Gasteiger partial charge in [0, 0.05) is 13.0 Å². The first-order valence-electron chi connectivity index (χ1n) is 11.5. The lowest BCUT2D eigenvalue weighted by Crippen LogP contribution is -2.51. The smallest absolute Gasteiger partial charge is 0.391 e. The Morgan fingerprint density at radius 3 is 2.62 bits per heavy atom. The molecule has 1 aromatic carbocycles. The van der Waals surface area contributed by atoms with E-state index in [9.17, 15) is 28.3 Å². The molecule has 2 fully saturated rings. The molecule has 2 atom stereocenters. The van der Waals surface area contributed by atoms with Crippen LogP contribution < -0.4 is 21.2 Å². The number of aliphatic hydroxyl groups excluding tert-OH is 1. The lowest BCUT2D eigenvalue weighted by molar-refractivity contribution is -0.136. The van der Waals surface area contributed by atoms with Crippen molar-refractivity contribution in [3.8, 4) is 6.07 Å². The van der Waals surface area contributed by atoms with Crippen molar-refractivity contribution < 1.29 is 23.0 Å². The Hall–Kier alpha value is -3.96. The SMILES string of the molecule is Cc1nc(N)nc(N2C[C@@H](O)C[C@H]2c2nc3cccc(C(F)(F)F)c3c(=O)n2N2CCOCC2)c1C#N. The predicted molar refractivity (Wildman–Crippen MR) is 126 cm³/mol. The van der Waals surface area contributed by atoms with E-state index >= 15 is 0 Å². The van der Waals surface area contributed by atoms with Crippen molar-refractivity contribution in [1.29, 1.82) is 5.26 Å². The van der Waals surface area contributed by atoms with Crippen LogP contribution in [0.1, 0.15) is 35.1 Å². The normalized spacial score (nSPS) is 20.4. The number of benzene rings is 1. The minimum absolute atomic E-state index is 0.0366. The van der Waals surface area contributed by atoms with Crippen molar-refractivity contribution >= 4 is 22.7 Å². The summed E-state index contributed by atoms with van der Waals surface area (Å²) in [6, 6.07) is 4.65. The Kier molecular flexibility index (Phi) is 6.12. The van der Waals surface area contributed by atoms with E-state index in [4.69, 9.17) is 10.5 Å².